The number of hydrogen-bond donors (Lipinski definition) is 0. The Morgan fingerprint density at radius 1 is 1.06 bits per heavy atom. The highest BCUT2D eigenvalue weighted by atomic mass is 79.9. The summed E-state index contributed by atoms with van der Waals surface area (Å²) in [7, 11) is 0. The standard InChI is InChI=1S/C14H10Br2F2/c1-8-5-13(18)11(7-12(8)17)14(16)9-3-2-4-10(15)6-9/h2-7,14H,1H3. The molecule has 2 rings (SSSR count). The summed E-state index contributed by atoms with van der Waals surface area (Å²) in [6.45, 7) is 1.55. The first-order valence-corrected chi connectivity index (χ1v) is 7.05. The van der Waals surface area contributed by atoms with Gasteiger partial charge in [-0.15, -0.1) is 0 Å². The Bertz CT molecular complexity index is 582. The van der Waals surface area contributed by atoms with Crippen LogP contribution in [0.4, 0.5) is 8.78 Å². The highest BCUT2D eigenvalue weighted by Gasteiger charge is 2.17. The van der Waals surface area contributed by atoms with Crippen LogP contribution < -0.4 is 0 Å². The number of benzene rings is 2. The van der Waals surface area contributed by atoms with Gasteiger partial charge in [0.15, 0.2) is 0 Å². The van der Waals surface area contributed by atoms with Crippen molar-refractivity contribution < 1.29 is 8.78 Å². The normalized spacial score (nSPS) is 12.5. The lowest BCUT2D eigenvalue weighted by Gasteiger charge is -2.13. The Hall–Kier alpha value is -0.740. The average molecular weight is 376 g/mol. The highest BCUT2D eigenvalue weighted by molar-refractivity contribution is 9.10. The molecule has 0 saturated heterocycles. The van der Waals surface area contributed by atoms with Crippen molar-refractivity contribution in [2.45, 2.75) is 11.8 Å². The molecule has 0 amide bonds. The molecule has 0 fully saturated rings. The number of hydrogen-bond acceptors (Lipinski definition) is 0. The summed E-state index contributed by atoms with van der Waals surface area (Å²) in [5.74, 6) is -0.804. The van der Waals surface area contributed by atoms with Crippen LogP contribution >= 0.6 is 31.9 Å². The largest absolute Gasteiger partial charge is 0.207 e. The molecule has 0 nitrogen and oxygen atoms in total. The smallest absolute Gasteiger partial charge is 0.128 e. The van der Waals surface area contributed by atoms with Gasteiger partial charge >= 0.3 is 0 Å². The molecule has 2 aromatic rings. The van der Waals surface area contributed by atoms with Crippen molar-refractivity contribution in [3.8, 4) is 0 Å². The van der Waals surface area contributed by atoms with Crippen LogP contribution in [0.25, 0.3) is 0 Å². The van der Waals surface area contributed by atoms with E-state index >= 15 is 0 Å². The lowest BCUT2D eigenvalue weighted by atomic mass is 10.0. The fourth-order valence-electron chi connectivity index (χ4n) is 1.70. The molecular weight excluding hydrogens is 366 g/mol. The van der Waals surface area contributed by atoms with Crippen LogP contribution in [0.1, 0.15) is 21.5 Å². The first-order valence-electron chi connectivity index (χ1n) is 5.34. The van der Waals surface area contributed by atoms with Crippen molar-refractivity contribution >= 4 is 31.9 Å². The first-order chi connectivity index (χ1) is 8.49. The first kappa shape index (κ1) is 13.7. The molecule has 0 aromatic heterocycles. The van der Waals surface area contributed by atoms with Crippen molar-refractivity contribution in [2.24, 2.45) is 0 Å². The highest BCUT2D eigenvalue weighted by Crippen LogP contribution is 2.34. The third-order valence-corrected chi connectivity index (χ3v) is 4.21. The monoisotopic (exact) mass is 374 g/mol. The minimum Gasteiger partial charge on any atom is -0.207 e. The number of aryl methyl sites for hydroxylation is 1. The van der Waals surface area contributed by atoms with Crippen molar-refractivity contribution in [1.82, 2.24) is 0 Å². The molecule has 0 radical (unpaired) electrons. The zero-order valence-corrected chi connectivity index (χ0v) is 12.7. The maximum atomic E-state index is 13.9. The van der Waals surface area contributed by atoms with E-state index in [0.717, 1.165) is 10.0 Å². The van der Waals surface area contributed by atoms with Crippen molar-refractivity contribution in [2.75, 3.05) is 0 Å². The van der Waals surface area contributed by atoms with Crippen LogP contribution in [0.3, 0.4) is 0 Å². The second-order valence-corrected chi connectivity index (χ2v) is 5.87. The van der Waals surface area contributed by atoms with E-state index in [2.05, 4.69) is 31.9 Å². The maximum absolute atomic E-state index is 13.9. The molecule has 0 aliphatic carbocycles. The number of rotatable bonds is 2. The SMILES string of the molecule is Cc1cc(F)c(C(Br)c2cccc(Br)c2)cc1F. The molecule has 4 heteroatoms. The van der Waals surface area contributed by atoms with E-state index in [9.17, 15) is 8.78 Å². The van der Waals surface area contributed by atoms with Gasteiger partial charge in [-0.25, -0.2) is 8.78 Å². The molecule has 1 unspecified atom stereocenters. The summed E-state index contributed by atoms with van der Waals surface area (Å²) < 4.78 is 28.3. The predicted molar refractivity (Wildman–Crippen MR) is 76.0 cm³/mol. The Balaban J connectivity index is 2.46. The van der Waals surface area contributed by atoms with Crippen LogP contribution in [0.2, 0.25) is 0 Å². The van der Waals surface area contributed by atoms with Gasteiger partial charge < -0.3 is 0 Å². The molecule has 0 aliphatic rings. The van der Waals surface area contributed by atoms with Gasteiger partial charge in [0.2, 0.25) is 0 Å². The van der Waals surface area contributed by atoms with E-state index < -0.39 is 11.6 Å². The minimum absolute atomic E-state index is 0.302. The van der Waals surface area contributed by atoms with E-state index in [1.807, 2.05) is 24.3 Å². The molecule has 0 bridgehead atoms. The molecule has 94 valence electrons. The summed E-state index contributed by atoms with van der Waals surface area (Å²) in [5, 5.41) is 0. The van der Waals surface area contributed by atoms with E-state index in [0.29, 0.717) is 11.1 Å². The molecule has 0 saturated carbocycles. The van der Waals surface area contributed by atoms with Crippen molar-refractivity contribution in [1.29, 1.82) is 0 Å². The fourth-order valence-corrected chi connectivity index (χ4v) is 2.75. The van der Waals surface area contributed by atoms with Gasteiger partial charge in [-0.1, -0.05) is 44.0 Å². The molecule has 0 aliphatic heterocycles. The third-order valence-electron chi connectivity index (χ3n) is 2.69. The average Bonchev–Trinajstić information content (AvgIpc) is 2.33. The van der Waals surface area contributed by atoms with Gasteiger partial charge in [-0.05, 0) is 42.3 Å². The Labute approximate surface area is 121 Å². The maximum Gasteiger partial charge on any atom is 0.128 e. The molecule has 2 aromatic carbocycles. The Kier molecular flexibility index (Phi) is 4.17. The van der Waals surface area contributed by atoms with Crippen LogP contribution in [-0.4, -0.2) is 0 Å². The molecule has 0 heterocycles. The quantitative estimate of drug-likeness (QED) is 0.606. The summed E-state index contributed by atoms with van der Waals surface area (Å²) in [6, 6.07) is 9.94. The zero-order chi connectivity index (χ0) is 13.3. The van der Waals surface area contributed by atoms with E-state index in [1.54, 1.807) is 6.92 Å². The second-order valence-electron chi connectivity index (χ2n) is 4.04. The van der Waals surface area contributed by atoms with Gasteiger partial charge in [-0.3, -0.25) is 0 Å². The topological polar surface area (TPSA) is 0 Å². The summed E-state index contributed by atoms with van der Waals surface area (Å²) in [4.78, 5) is -0.370. The van der Waals surface area contributed by atoms with Gasteiger partial charge in [0.25, 0.3) is 0 Å². The Morgan fingerprint density at radius 2 is 1.78 bits per heavy atom. The molecule has 0 N–H and O–H groups in total. The zero-order valence-electron chi connectivity index (χ0n) is 9.55. The number of alkyl halides is 1. The van der Waals surface area contributed by atoms with Crippen LogP contribution in [0.15, 0.2) is 40.9 Å². The van der Waals surface area contributed by atoms with Gasteiger partial charge in [-0.2, -0.15) is 0 Å². The van der Waals surface area contributed by atoms with Crippen molar-refractivity contribution in [3.63, 3.8) is 0 Å². The van der Waals surface area contributed by atoms with Gasteiger partial charge in [0.05, 0.1) is 4.83 Å². The van der Waals surface area contributed by atoms with E-state index in [4.69, 9.17) is 0 Å². The summed E-state index contributed by atoms with van der Waals surface area (Å²) in [5.41, 5.74) is 1.48. The fraction of sp³-hybridized carbons (Fsp3) is 0.143. The second kappa shape index (κ2) is 5.49. The molecule has 1 atom stereocenters. The van der Waals surface area contributed by atoms with Crippen LogP contribution in [0, 0.1) is 18.6 Å². The Morgan fingerprint density at radius 3 is 2.44 bits per heavy atom. The van der Waals surface area contributed by atoms with Crippen molar-refractivity contribution in [3.05, 3.63) is 69.2 Å². The van der Waals surface area contributed by atoms with E-state index in [-0.39, 0.29) is 4.83 Å². The van der Waals surface area contributed by atoms with Gasteiger partial charge in [0, 0.05) is 10.0 Å². The van der Waals surface area contributed by atoms with E-state index in [1.165, 1.54) is 12.1 Å². The molecule has 0 spiro atoms. The summed E-state index contributed by atoms with van der Waals surface area (Å²) in [6.07, 6.45) is 0. The molecule has 18 heavy (non-hydrogen) atoms. The van der Waals surface area contributed by atoms with Gasteiger partial charge in [0.1, 0.15) is 11.6 Å². The molecular formula is C14H10Br2F2. The minimum atomic E-state index is -0.407. The van der Waals surface area contributed by atoms with Crippen LogP contribution in [0.5, 0.6) is 0 Å². The lowest BCUT2D eigenvalue weighted by Crippen LogP contribution is -1.99. The predicted octanol–water partition coefficient (Wildman–Crippen LogP) is 5.52. The van der Waals surface area contributed by atoms with Crippen LogP contribution in [-0.2, 0) is 0 Å². The summed E-state index contributed by atoms with van der Waals surface area (Å²) >= 11 is 6.77. The number of halogens is 4. The third kappa shape index (κ3) is 2.81. The lowest BCUT2D eigenvalue weighted by molar-refractivity contribution is 0.581.